The van der Waals surface area contributed by atoms with E-state index in [1.807, 2.05) is 12.4 Å². The summed E-state index contributed by atoms with van der Waals surface area (Å²) in [5, 5.41) is 1.18. The topological polar surface area (TPSA) is 28.7 Å². The van der Waals surface area contributed by atoms with Gasteiger partial charge in [-0.2, -0.15) is 0 Å². The first-order valence-corrected chi connectivity index (χ1v) is 5.13. The third-order valence-electron chi connectivity index (χ3n) is 1.82. The number of fused-ring (bicyclic) bond motifs is 1. The Morgan fingerprint density at radius 2 is 2.42 bits per heavy atom. The fourth-order valence-corrected chi connectivity index (χ4v) is 1.81. The molecule has 0 aromatic carbocycles. The molecule has 12 heavy (non-hydrogen) atoms. The standard InChI is InChI=1S/C9H7N2.Y/c1-6-3-8-7(2)5-11-9(8)10-4-6;/h3-5H,1H3,(H,10,11);. The minimum atomic E-state index is 0.956. The molecule has 0 bridgehead atoms. The molecule has 56 valence electrons. The van der Waals surface area contributed by atoms with E-state index in [1.54, 1.807) is 0 Å². The van der Waals surface area contributed by atoms with Gasteiger partial charge in [0.25, 0.3) is 0 Å². The van der Waals surface area contributed by atoms with Gasteiger partial charge in [-0.3, -0.25) is 0 Å². The van der Waals surface area contributed by atoms with Crippen LogP contribution in [0.3, 0.4) is 0 Å². The van der Waals surface area contributed by atoms with Gasteiger partial charge in [0.2, 0.25) is 0 Å². The zero-order chi connectivity index (χ0) is 8.55. The number of aromatic nitrogens is 2. The van der Waals surface area contributed by atoms with Crippen molar-refractivity contribution in [1.82, 2.24) is 9.97 Å². The van der Waals surface area contributed by atoms with E-state index in [-0.39, 0.29) is 0 Å². The Labute approximate surface area is 89.8 Å². The number of nitrogens with zero attached hydrogens (tertiary/aromatic N) is 1. The van der Waals surface area contributed by atoms with Crippen molar-refractivity contribution in [3.8, 4) is 2.59 Å². The second kappa shape index (κ2) is 3.14. The Kier molecular flexibility index (Phi) is 2.14. The summed E-state index contributed by atoms with van der Waals surface area (Å²) >= 11 is 1.02. The van der Waals surface area contributed by atoms with Gasteiger partial charge in [-0.1, -0.05) is 0 Å². The number of aryl methyl sites for hydroxylation is 1. The van der Waals surface area contributed by atoms with E-state index in [0.29, 0.717) is 0 Å². The second-order valence-electron chi connectivity index (χ2n) is 2.76. The van der Waals surface area contributed by atoms with Crippen LogP contribution in [0.4, 0.5) is 0 Å². The SMILES string of the molecule is Cc1cnc2[nH]cc([C]#[Y])c2c1. The summed E-state index contributed by atoms with van der Waals surface area (Å²) in [5.74, 6) is 0. The molecule has 0 aliphatic heterocycles. The van der Waals surface area contributed by atoms with Gasteiger partial charge in [0.15, 0.2) is 0 Å². The molecule has 0 aliphatic rings. The van der Waals surface area contributed by atoms with E-state index < -0.39 is 0 Å². The molecule has 2 aromatic rings. The molecule has 0 atom stereocenters. The molecule has 0 spiro atoms. The number of nitrogens with one attached hydrogen (secondary N) is 1. The van der Waals surface area contributed by atoms with Crippen molar-refractivity contribution in [1.29, 1.82) is 0 Å². The van der Waals surface area contributed by atoms with Crippen LogP contribution in [0.2, 0.25) is 0 Å². The molecule has 0 radical (unpaired) electrons. The first-order valence-electron chi connectivity index (χ1n) is 3.71. The maximum absolute atomic E-state index is 4.27. The van der Waals surface area contributed by atoms with E-state index >= 15 is 0 Å². The molecule has 2 heterocycles. The van der Waals surface area contributed by atoms with E-state index in [9.17, 15) is 0 Å². The maximum atomic E-state index is 4.27. The van der Waals surface area contributed by atoms with Crippen LogP contribution in [0.1, 0.15) is 11.1 Å². The van der Waals surface area contributed by atoms with E-state index in [2.05, 4.69) is 25.6 Å². The van der Waals surface area contributed by atoms with Crippen molar-refractivity contribution in [2.45, 2.75) is 6.92 Å². The van der Waals surface area contributed by atoms with Crippen molar-refractivity contribution >= 4 is 11.0 Å². The second-order valence-corrected chi connectivity index (χ2v) is 3.47. The van der Waals surface area contributed by atoms with E-state index in [1.165, 1.54) is 10.9 Å². The molecular formula is C9H7N2Y. The van der Waals surface area contributed by atoms with Crippen LogP contribution >= 0.6 is 0 Å². The molecule has 0 unspecified atom stereocenters. The van der Waals surface area contributed by atoms with Crippen molar-refractivity contribution in [2.24, 2.45) is 0 Å². The van der Waals surface area contributed by atoms with Gasteiger partial charge >= 0.3 is 90.3 Å². The first kappa shape index (κ1) is 8.18. The van der Waals surface area contributed by atoms with E-state index in [0.717, 1.165) is 41.4 Å². The molecule has 0 fully saturated rings. The van der Waals surface area contributed by atoms with Crippen LogP contribution in [0.25, 0.3) is 11.0 Å². The normalized spacial score (nSPS) is 10.2. The van der Waals surface area contributed by atoms with Crippen molar-refractivity contribution in [3.05, 3.63) is 29.6 Å². The molecule has 0 saturated heterocycles. The van der Waals surface area contributed by atoms with Crippen LogP contribution < -0.4 is 0 Å². The summed E-state index contributed by atoms with van der Waals surface area (Å²) in [6.45, 7) is 2.05. The summed E-state index contributed by atoms with van der Waals surface area (Å²) in [7, 11) is 0. The van der Waals surface area contributed by atoms with Gasteiger partial charge in [0, 0.05) is 0 Å². The quantitative estimate of drug-likeness (QED) is 0.736. The fourth-order valence-electron chi connectivity index (χ4n) is 1.23. The number of hydrogen-bond acceptors (Lipinski definition) is 1. The predicted molar refractivity (Wildman–Crippen MR) is 43.8 cm³/mol. The van der Waals surface area contributed by atoms with Crippen LogP contribution in [0, 0.1) is 9.52 Å². The van der Waals surface area contributed by atoms with Gasteiger partial charge in [-0.15, -0.1) is 0 Å². The Balaban J connectivity index is 2.86. The number of aromatic amines is 1. The molecule has 2 rings (SSSR count). The Morgan fingerprint density at radius 1 is 1.58 bits per heavy atom. The summed E-state index contributed by atoms with van der Waals surface area (Å²) in [5.41, 5.74) is 3.31. The van der Waals surface area contributed by atoms with Gasteiger partial charge in [0.05, 0.1) is 0 Å². The van der Waals surface area contributed by atoms with Crippen molar-refractivity contribution in [3.63, 3.8) is 0 Å². The molecule has 2 nitrogen and oxygen atoms in total. The molecule has 2 aromatic heterocycles. The Hall–Kier alpha value is -0.426. The van der Waals surface area contributed by atoms with Crippen LogP contribution in [0.15, 0.2) is 18.5 Å². The fraction of sp³-hybridized carbons (Fsp3) is 0.111. The Bertz CT molecular complexity index is 465. The van der Waals surface area contributed by atoms with Crippen LogP contribution in [0.5, 0.6) is 0 Å². The number of H-pyrrole nitrogens is 1. The molecular weight excluding hydrogens is 225 g/mol. The van der Waals surface area contributed by atoms with E-state index in [4.69, 9.17) is 0 Å². The Morgan fingerprint density at radius 3 is 3.17 bits per heavy atom. The molecule has 0 amide bonds. The molecule has 0 aliphatic carbocycles. The van der Waals surface area contributed by atoms with Gasteiger partial charge < -0.3 is 0 Å². The molecule has 3 heteroatoms. The number of pyridine rings is 1. The van der Waals surface area contributed by atoms with Gasteiger partial charge in [-0.05, 0) is 0 Å². The summed E-state index contributed by atoms with van der Waals surface area (Å²) in [6.07, 6.45) is 3.83. The summed E-state index contributed by atoms with van der Waals surface area (Å²) in [4.78, 5) is 7.38. The molecule has 1 N–H and O–H groups in total. The van der Waals surface area contributed by atoms with Gasteiger partial charge in [-0.25, -0.2) is 0 Å². The summed E-state index contributed by atoms with van der Waals surface area (Å²) in [6, 6.07) is 2.14. The zero-order valence-electron chi connectivity index (χ0n) is 6.76. The summed E-state index contributed by atoms with van der Waals surface area (Å²) < 4.78 is 3.24. The number of hydrogen-bond donors (Lipinski definition) is 1. The minimum absolute atomic E-state index is 0.956. The van der Waals surface area contributed by atoms with Crippen LogP contribution in [-0.4, -0.2) is 9.97 Å². The average molecular weight is 232 g/mol. The third-order valence-corrected chi connectivity index (χ3v) is 2.59. The zero-order valence-corrected chi connectivity index (χ0v) is 9.59. The van der Waals surface area contributed by atoms with Crippen molar-refractivity contribution in [2.75, 3.05) is 0 Å². The van der Waals surface area contributed by atoms with Gasteiger partial charge in [0.1, 0.15) is 0 Å². The average Bonchev–Trinajstić information content (AvgIpc) is 2.46. The molecule has 0 saturated carbocycles. The van der Waals surface area contributed by atoms with Crippen LogP contribution in [-0.2, 0) is 30.2 Å². The number of rotatable bonds is 0. The predicted octanol–water partition coefficient (Wildman–Crippen LogP) is 1.73. The third kappa shape index (κ3) is 1.27. The first-order chi connectivity index (χ1) is 5.81. The van der Waals surface area contributed by atoms with Crippen molar-refractivity contribution < 1.29 is 30.2 Å². The monoisotopic (exact) mass is 232 g/mol.